The fourth-order valence-corrected chi connectivity index (χ4v) is 1.78. The van der Waals surface area contributed by atoms with Crippen LogP contribution in [0.15, 0.2) is 41.3 Å². The molecule has 0 saturated carbocycles. The standard InChI is InChI=1S/C13H15N3O3/c1-13(8-17,9-5-3-2-4-6-9)16-11(18)10-7-14-12(19)15-10/h2-7,17H,8H2,1H3,(H,16,18)(H2,14,15,19). The van der Waals surface area contributed by atoms with Crippen molar-refractivity contribution in [3.63, 3.8) is 0 Å². The van der Waals surface area contributed by atoms with Gasteiger partial charge in [0.05, 0.1) is 12.1 Å². The van der Waals surface area contributed by atoms with Crippen LogP contribution in [-0.4, -0.2) is 27.6 Å². The normalized spacial score (nSPS) is 13.8. The van der Waals surface area contributed by atoms with Crippen molar-refractivity contribution in [2.75, 3.05) is 6.61 Å². The molecule has 2 rings (SSSR count). The lowest BCUT2D eigenvalue weighted by atomic mass is 9.93. The Labute approximate surface area is 109 Å². The van der Waals surface area contributed by atoms with E-state index in [1.807, 2.05) is 30.3 Å². The van der Waals surface area contributed by atoms with Gasteiger partial charge >= 0.3 is 5.69 Å². The van der Waals surface area contributed by atoms with Gasteiger partial charge in [-0.1, -0.05) is 30.3 Å². The monoisotopic (exact) mass is 261 g/mol. The maximum atomic E-state index is 12.0. The summed E-state index contributed by atoms with van der Waals surface area (Å²) in [7, 11) is 0. The summed E-state index contributed by atoms with van der Waals surface area (Å²) in [5.74, 6) is -0.459. The van der Waals surface area contributed by atoms with Gasteiger partial charge in [0.2, 0.25) is 0 Å². The number of amides is 1. The molecule has 0 aliphatic carbocycles. The molecule has 6 heteroatoms. The third kappa shape index (κ3) is 2.74. The molecule has 0 radical (unpaired) electrons. The van der Waals surface area contributed by atoms with E-state index in [0.29, 0.717) is 0 Å². The minimum Gasteiger partial charge on any atom is -0.394 e. The number of carbonyl (C=O) groups is 1. The van der Waals surface area contributed by atoms with E-state index in [9.17, 15) is 14.7 Å². The highest BCUT2D eigenvalue weighted by Crippen LogP contribution is 2.20. The third-order valence-electron chi connectivity index (χ3n) is 2.96. The molecule has 1 heterocycles. The number of aliphatic hydroxyl groups is 1. The number of hydrogen-bond acceptors (Lipinski definition) is 3. The van der Waals surface area contributed by atoms with E-state index < -0.39 is 17.1 Å². The SMILES string of the molecule is CC(CO)(NC(=O)c1c[nH]c(=O)[nH]1)c1ccccc1. The largest absolute Gasteiger partial charge is 0.394 e. The van der Waals surface area contributed by atoms with Crippen molar-refractivity contribution in [2.45, 2.75) is 12.5 Å². The van der Waals surface area contributed by atoms with Crippen LogP contribution in [-0.2, 0) is 5.54 Å². The Kier molecular flexibility index (Phi) is 3.52. The van der Waals surface area contributed by atoms with E-state index in [1.54, 1.807) is 6.92 Å². The summed E-state index contributed by atoms with van der Waals surface area (Å²) in [6, 6.07) is 9.14. The maximum Gasteiger partial charge on any atom is 0.323 e. The van der Waals surface area contributed by atoms with Crippen LogP contribution in [0.2, 0.25) is 0 Å². The average molecular weight is 261 g/mol. The summed E-state index contributed by atoms with van der Waals surface area (Å²) >= 11 is 0. The number of hydrogen-bond donors (Lipinski definition) is 4. The highest BCUT2D eigenvalue weighted by atomic mass is 16.3. The Morgan fingerprint density at radius 3 is 2.58 bits per heavy atom. The fourth-order valence-electron chi connectivity index (χ4n) is 1.78. The lowest BCUT2D eigenvalue weighted by molar-refractivity contribution is 0.0845. The van der Waals surface area contributed by atoms with Gasteiger partial charge in [-0.15, -0.1) is 0 Å². The summed E-state index contributed by atoms with van der Waals surface area (Å²) in [5.41, 5.74) is -0.452. The molecule has 1 amide bonds. The molecule has 1 aromatic heterocycles. The first kappa shape index (κ1) is 13.1. The molecule has 0 aliphatic rings. The second-order valence-corrected chi connectivity index (χ2v) is 4.47. The number of carbonyl (C=O) groups excluding carboxylic acids is 1. The van der Waals surface area contributed by atoms with Crippen LogP contribution in [0.3, 0.4) is 0 Å². The van der Waals surface area contributed by atoms with E-state index >= 15 is 0 Å². The number of aliphatic hydroxyl groups excluding tert-OH is 1. The van der Waals surface area contributed by atoms with Crippen molar-refractivity contribution >= 4 is 5.91 Å². The molecule has 0 bridgehead atoms. The Bertz CT molecular complexity index is 617. The van der Waals surface area contributed by atoms with Crippen LogP contribution >= 0.6 is 0 Å². The van der Waals surface area contributed by atoms with Crippen LogP contribution in [0.1, 0.15) is 23.0 Å². The first-order valence-electron chi connectivity index (χ1n) is 5.82. The molecule has 0 saturated heterocycles. The first-order valence-corrected chi connectivity index (χ1v) is 5.82. The van der Waals surface area contributed by atoms with Crippen molar-refractivity contribution in [2.24, 2.45) is 0 Å². The minimum atomic E-state index is -0.910. The van der Waals surface area contributed by atoms with Crippen LogP contribution in [0.5, 0.6) is 0 Å². The quantitative estimate of drug-likeness (QED) is 0.638. The molecular formula is C13H15N3O3. The lowest BCUT2D eigenvalue weighted by Gasteiger charge is -2.29. The van der Waals surface area contributed by atoms with Crippen molar-refractivity contribution in [3.8, 4) is 0 Å². The van der Waals surface area contributed by atoms with Gasteiger partial charge in [0.25, 0.3) is 5.91 Å². The second kappa shape index (κ2) is 5.11. The smallest absolute Gasteiger partial charge is 0.323 e. The molecule has 6 nitrogen and oxygen atoms in total. The molecular weight excluding hydrogens is 246 g/mol. The second-order valence-electron chi connectivity index (χ2n) is 4.47. The lowest BCUT2D eigenvalue weighted by Crippen LogP contribution is -2.46. The zero-order chi connectivity index (χ0) is 13.9. The Balaban J connectivity index is 2.24. The Morgan fingerprint density at radius 2 is 2.05 bits per heavy atom. The van der Waals surface area contributed by atoms with Gasteiger partial charge in [-0.2, -0.15) is 0 Å². The molecule has 0 fully saturated rings. The number of aromatic amines is 2. The molecule has 19 heavy (non-hydrogen) atoms. The predicted molar refractivity (Wildman–Crippen MR) is 69.8 cm³/mol. The van der Waals surface area contributed by atoms with Crippen molar-refractivity contribution < 1.29 is 9.90 Å². The number of imidazole rings is 1. The summed E-state index contributed by atoms with van der Waals surface area (Å²) in [6.07, 6.45) is 1.29. The van der Waals surface area contributed by atoms with E-state index in [-0.39, 0.29) is 12.3 Å². The average Bonchev–Trinajstić information content (AvgIpc) is 2.86. The third-order valence-corrected chi connectivity index (χ3v) is 2.96. The number of benzene rings is 1. The summed E-state index contributed by atoms with van der Waals surface area (Å²) in [6.45, 7) is 1.46. The van der Waals surface area contributed by atoms with Gasteiger partial charge in [0, 0.05) is 6.20 Å². The van der Waals surface area contributed by atoms with Gasteiger partial charge < -0.3 is 20.4 Å². The molecule has 1 atom stereocenters. The number of aromatic nitrogens is 2. The zero-order valence-corrected chi connectivity index (χ0v) is 10.4. The zero-order valence-electron chi connectivity index (χ0n) is 10.4. The van der Waals surface area contributed by atoms with Crippen LogP contribution in [0.25, 0.3) is 0 Å². The van der Waals surface area contributed by atoms with Crippen LogP contribution in [0, 0.1) is 0 Å². The highest BCUT2D eigenvalue weighted by Gasteiger charge is 2.28. The molecule has 100 valence electrons. The van der Waals surface area contributed by atoms with Crippen molar-refractivity contribution in [1.82, 2.24) is 15.3 Å². The van der Waals surface area contributed by atoms with Crippen molar-refractivity contribution in [3.05, 3.63) is 58.3 Å². The summed E-state index contributed by atoms with van der Waals surface area (Å²) in [5, 5.41) is 12.3. The molecule has 1 unspecified atom stereocenters. The Morgan fingerprint density at radius 1 is 1.37 bits per heavy atom. The van der Waals surface area contributed by atoms with Gasteiger partial charge in [-0.25, -0.2) is 4.79 Å². The number of rotatable bonds is 4. The molecule has 2 aromatic rings. The predicted octanol–water partition coefficient (Wildman–Crippen LogP) is 0.340. The molecule has 0 spiro atoms. The first-order chi connectivity index (χ1) is 9.05. The van der Waals surface area contributed by atoms with Crippen LogP contribution < -0.4 is 11.0 Å². The van der Waals surface area contributed by atoms with E-state index in [0.717, 1.165) is 5.56 Å². The fraction of sp³-hybridized carbons (Fsp3) is 0.231. The van der Waals surface area contributed by atoms with E-state index in [4.69, 9.17) is 0 Å². The molecule has 1 aromatic carbocycles. The molecule has 4 N–H and O–H groups in total. The van der Waals surface area contributed by atoms with Gasteiger partial charge in [-0.05, 0) is 12.5 Å². The topological polar surface area (TPSA) is 98.0 Å². The summed E-state index contributed by atoms with van der Waals surface area (Å²) < 4.78 is 0. The van der Waals surface area contributed by atoms with Gasteiger partial charge in [-0.3, -0.25) is 4.79 Å². The highest BCUT2D eigenvalue weighted by molar-refractivity contribution is 5.92. The van der Waals surface area contributed by atoms with Crippen LogP contribution in [0.4, 0.5) is 0 Å². The summed E-state index contributed by atoms with van der Waals surface area (Å²) in [4.78, 5) is 27.7. The maximum absolute atomic E-state index is 12.0. The minimum absolute atomic E-state index is 0.126. The van der Waals surface area contributed by atoms with Gasteiger partial charge in [0.1, 0.15) is 5.69 Å². The van der Waals surface area contributed by atoms with E-state index in [2.05, 4.69) is 15.3 Å². The van der Waals surface area contributed by atoms with Crippen molar-refractivity contribution in [1.29, 1.82) is 0 Å². The van der Waals surface area contributed by atoms with Gasteiger partial charge in [0.15, 0.2) is 0 Å². The van der Waals surface area contributed by atoms with E-state index in [1.165, 1.54) is 6.20 Å². The number of H-pyrrole nitrogens is 2. The molecule has 0 aliphatic heterocycles. The Hall–Kier alpha value is -2.34. The number of nitrogens with one attached hydrogen (secondary N) is 3.